The van der Waals surface area contributed by atoms with Crippen LogP contribution in [0.3, 0.4) is 0 Å². The Morgan fingerprint density at radius 1 is 1.27 bits per heavy atom. The van der Waals surface area contributed by atoms with Gasteiger partial charge in [-0.25, -0.2) is 0 Å². The molecule has 15 heavy (non-hydrogen) atoms. The molecule has 1 saturated heterocycles. The highest BCUT2D eigenvalue weighted by Crippen LogP contribution is 2.39. The normalized spacial score (nSPS) is 39.8. The third-order valence-corrected chi connectivity index (χ3v) is 5.94. The number of hydrogen-bond donors (Lipinski definition) is 0. The van der Waals surface area contributed by atoms with Crippen molar-refractivity contribution in [2.75, 3.05) is 18.4 Å². The quantitative estimate of drug-likeness (QED) is 0.694. The van der Waals surface area contributed by atoms with Gasteiger partial charge in [0, 0.05) is 24.5 Å². The largest absolute Gasteiger partial charge is 0.300 e. The summed E-state index contributed by atoms with van der Waals surface area (Å²) in [5.74, 6) is 0.846. The van der Waals surface area contributed by atoms with Gasteiger partial charge < -0.3 is 0 Å². The van der Waals surface area contributed by atoms with Crippen LogP contribution in [0.2, 0.25) is 0 Å². The third-order valence-electron chi connectivity index (χ3n) is 4.66. The molecule has 2 fully saturated rings. The van der Waals surface area contributed by atoms with Crippen molar-refractivity contribution >= 4 is 15.9 Å². The second-order valence-corrected chi connectivity index (χ2v) is 6.47. The minimum absolute atomic E-state index is 0.511. The maximum Gasteiger partial charge on any atom is 0.0101 e. The number of likely N-dealkylation sites (tertiary alicyclic amines) is 1. The number of nitrogens with zero attached hydrogens (tertiary/aromatic N) is 1. The van der Waals surface area contributed by atoms with Gasteiger partial charge in [0.2, 0.25) is 0 Å². The lowest BCUT2D eigenvalue weighted by Gasteiger charge is -2.32. The monoisotopic (exact) mass is 273 g/mol. The Labute approximate surface area is 103 Å². The van der Waals surface area contributed by atoms with E-state index in [-0.39, 0.29) is 0 Å². The molecule has 0 bridgehead atoms. The van der Waals surface area contributed by atoms with Crippen molar-refractivity contribution in [1.29, 1.82) is 0 Å². The summed E-state index contributed by atoms with van der Waals surface area (Å²) in [7, 11) is 0. The maximum atomic E-state index is 3.70. The molecule has 2 aliphatic rings. The molecule has 88 valence electrons. The van der Waals surface area contributed by atoms with E-state index in [2.05, 4.69) is 34.7 Å². The zero-order valence-corrected chi connectivity index (χ0v) is 11.7. The molecule has 0 radical (unpaired) electrons. The van der Waals surface area contributed by atoms with Gasteiger partial charge in [-0.2, -0.15) is 0 Å². The Kier molecular flexibility index (Phi) is 3.77. The summed E-state index contributed by atoms with van der Waals surface area (Å²) in [6.07, 6.45) is 7.28. The van der Waals surface area contributed by atoms with Gasteiger partial charge in [0.05, 0.1) is 0 Å². The van der Waals surface area contributed by atoms with Crippen molar-refractivity contribution in [2.45, 2.75) is 52.0 Å². The van der Waals surface area contributed by atoms with Crippen LogP contribution in [0.4, 0.5) is 0 Å². The summed E-state index contributed by atoms with van der Waals surface area (Å²) >= 11 is 3.70. The first-order valence-electron chi connectivity index (χ1n) is 6.46. The molecule has 0 amide bonds. The molecule has 0 spiro atoms. The van der Waals surface area contributed by atoms with Crippen molar-refractivity contribution in [2.24, 2.45) is 11.3 Å². The minimum atomic E-state index is 0.511. The molecule has 0 N–H and O–H groups in total. The molecule has 1 heterocycles. The number of rotatable bonds is 2. The second kappa shape index (κ2) is 4.75. The highest BCUT2D eigenvalue weighted by Gasteiger charge is 2.41. The average molecular weight is 274 g/mol. The van der Waals surface area contributed by atoms with Crippen molar-refractivity contribution < 1.29 is 0 Å². The molecule has 2 atom stereocenters. The van der Waals surface area contributed by atoms with Crippen LogP contribution < -0.4 is 0 Å². The van der Waals surface area contributed by atoms with Gasteiger partial charge in [0.15, 0.2) is 0 Å². The van der Waals surface area contributed by atoms with E-state index in [0.29, 0.717) is 5.41 Å². The van der Waals surface area contributed by atoms with Crippen LogP contribution in [0.5, 0.6) is 0 Å². The van der Waals surface area contributed by atoms with E-state index in [9.17, 15) is 0 Å². The molecule has 1 aliphatic carbocycles. The first-order chi connectivity index (χ1) is 7.15. The van der Waals surface area contributed by atoms with Gasteiger partial charge in [-0.1, -0.05) is 49.0 Å². The first kappa shape index (κ1) is 11.9. The predicted octanol–water partition coefficient (Wildman–Crippen LogP) is 3.67. The van der Waals surface area contributed by atoms with Crippen molar-refractivity contribution in [3.63, 3.8) is 0 Å². The van der Waals surface area contributed by atoms with Gasteiger partial charge in [0.1, 0.15) is 0 Å². The van der Waals surface area contributed by atoms with E-state index >= 15 is 0 Å². The number of hydrogen-bond acceptors (Lipinski definition) is 1. The van der Waals surface area contributed by atoms with Crippen LogP contribution >= 0.6 is 15.9 Å². The molecule has 1 nitrogen and oxygen atoms in total. The zero-order valence-electron chi connectivity index (χ0n) is 10.1. The molecule has 0 aromatic heterocycles. The van der Waals surface area contributed by atoms with Crippen LogP contribution in [0.1, 0.15) is 46.0 Å². The molecule has 0 aromatic carbocycles. The fourth-order valence-corrected chi connectivity index (χ4v) is 3.88. The predicted molar refractivity (Wildman–Crippen MR) is 69.5 cm³/mol. The highest BCUT2D eigenvalue weighted by atomic mass is 79.9. The summed E-state index contributed by atoms with van der Waals surface area (Å²) in [5.41, 5.74) is 0.511. The second-order valence-electron chi connectivity index (χ2n) is 5.91. The third kappa shape index (κ3) is 2.41. The van der Waals surface area contributed by atoms with Gasteiger partial charge in [-0.15, -0.1) is 0 Å². The topological polar surface area (TPSA) is 3.24 Å². The van der Waals surface area contributed by atoms with E-state index in [1.54, 1.807) is 0 Å². The zero-order chi connectivity index (χ0) is 10.9. The lowest BCUT2D eigenvalue weighted by Crippen LogP contribution is -2.36. The van der Waals surface area contributed by atoms with Crippen molar-refractivity contribution in [3.05, 3.63) is 0 Å². The van der Waals surface area contributed by atoms with E-state index in [1.165, 1.54) is 45.2 Å². The van der Waals surface area contributed by atoms with E-state index in [0.717, 1.165) is 17.3 Å². The highest BCUT2D eigenvalue weighted by molar-refractivity contribution is 9.09. The molecule has 2 heteroatoms. The fraction of sp³-hybridized carbons (Fsp3) is 1.00. The van der Waals surface area contributed by atoms with E-state index < -0.39 is 0 Å². The summed E-state index contributed by atoms with van der Waals surface area (Å²) in [5, 5.41) is 1.16. The number of alkyl halides is 1. The van der Waals surface area contributed by atoms with E-state index in [4.69, 9.17) is 0 Å². The van der Waals surface area contributed by atoms with Crippen LogP contribution in [-0.2, 0) is 0 Å². The maximum absolute atomic E-state index is 3.70. The Morgan fingerprint density at radius 3 is 2.47 bits per heavy atom. The summed E-state index contributed by atoms with van der Waals surface area (Å²) in [6, 6.07) is 0.905. The van der Waals surface area contributed by atoms with Gasteiger partial charge in [0.25, 0.3) is 0 Å². The van der Waals surface area contributed by atoms with Gasteiger partial charge in [-0.05, 0) is 24.2 Å². The summed E-state index contributed by atoms with van der Waals surface area (Å²) in [6.45, 7) is 7.50. The lowest BCUT2D eigenvalue weighted by molar-refractivity contribution is 0.175. The van der Waals surface area contributed by atoms with E-state index in [1.807, 2.05) is 0 Å². The van der Waals surface area contributed by atoms with Gasteiger partial charge >= 0.3 is 0 Å². The fourth-order valence-electron chi connectivity index (χ4n) is 3.15. The Morgan fingerprint density at radius 2 is 1.93 bits per heavy atom. The van der Waals surface area contributed by atoms with Crippen LogP contribution in [-0.4, -0.2) is 29.4 Å². The standard InChI is InChI=1S/C13H24BrN/c1-11-8-15(10-13(11,2)9-14)12-6-4-3-5-7-12/h11-12H,3-10H2,1-2H3. The lowest BCUT2D eigenvalue weighted by atomic mass is 9.83. The van der Waals surface area contributed by atoms with Crippen molar-refractivity contribution in [3.8, 4) is 0 Å². The van der Waals surface area contributed by atoms with Crippen LogP contribution in [0.15, 0.2) is 0 Å². The van der Waals surface area contributed by atoms with Gasteiger partial charge in [-0.3, -0.25) is 4.90 Å². The summed E-state index contributed by atoms with van der Waals surface area (Å²) in [4.78, 5) is 2.77. The van der Waals surface area contributed by atoms with Crippen molar-refractivity contribution in [1.82, 2.24) is 4.90 Å². The molecule has 2 unspecified atom stereocenters. The Bertz CT molecular complexity index is 213. The molecular formula is C13H24BrN. The van der Waals surface area contributed by atoms with Crippen LogP contribution in [0, 0.1) is 11.3 Å². The van der Waals surface area contributed by atoms with Crippen LogP contribution in [0.25, 0.3) is 0 Å². The first-order valence-corrected chi connectivity index (χ1v) is 7.58. The molecular weight excluding hydrogens is 250 g/mol. The molecule has 0 aromatic rings. The summed E-state index contributed by atoms with van der Waals surface area (Å²) < 4.78 is 0. The smallest absolute Gasteiger partial charge is 0.0101 e. The average Bonchev–Trinajstić information content (AvgIpc) is 2.58. The Hall–Kier alpha value is 0.440. The molecule has 1 aliphatic heterocycles. The Balaban J connectivity index is 1.95. The minimum Gasteiger partial charge on any atom is -0.300 e. The molecule has 1 saturated carbocycles. The number of halogens is 1. The molecule has 2 rings (SSSR count). The SMILES string of the molecule is CC1CN(C2CCCCC2)CC1(C)CBr.